The molecule has 1 atom stereocenters. The van der Waals surface area contributed by atoms with Gasteiger partial charge in [0.05, 0.1) is 18.6 Å². The van der Waals surface area contributed by atoms with E-state index in [4.69, 9.17) is 5.11 Å². The van der Waals surface area contributed by atoms with Gasteiger partial charge in [-0.05, 0) is 25.0 Å². The smallest absolute Gasteiger partial charge is 0.317 e. The quantitative estimate of drug-likeness (QED) is 0.270. The molecule has 14 heteroatoms. The number of carboxylic acid groups (broad SMARTS) is 1. The number of thiazole rings is 1. The summed E-state index contributed by atoms with van der Waals surface area (Å²) in [4.78, 5) is 42.0. The highest BCUT2D eigenvalue weighted by molar-refractivity contribution is 7.13. The van der Waals surface area contributed by atoms with Crippen molar-refractivity contribution in [3.63, 3.8) is 0 Å². The van der Waals surface area contributed by atoms with E-state index in [9.17, 15) is 9.59 Å². The van der Waals surface area contributed by atoms with E-state index in [1.54, 1.807) is 42.4 Å². The topological polar surface area (TPSA) is 134 Å². The first-order valence-electron chi connectivity index (χ1n) is 14.4. The van der Waals surface area contributed by atoms with Crippen LogP contribution in [0.4, 0.5) is 15.3 Å². The number of nitrogens with zero attached hydrogens (tertiary/aromatic N) is 8. The lowest BCUT2D eigenvalue weighted by Crippen LogP contribution is -2.72. The molecule has 44 heavy (non-hydrogen) atoms. The largest absolute Gasteiger partial charge is 0.480 e. The standard InChI is InChI=1S/C30H28FN9O3S/c31-24-20(18-4-6-22(33-10-18)39-15-30(16-39)13-37(14-30)12-23(41)42)5-3-19-11-40(36-25(19)24)27(28(43)35-29-32-7-9-44-29)26-21-2-1-8-38(21)17-34-26/h3-7,9-11,17,27H,1-2,8,12-16H2,(H,41,42)(H,32,35,43). The molecule has 4 aromatic heterocycles. The van der Waals surface area contributed by atoms with Crippen molar-refractivity contribution >= 4 is 45.1 Å². The highest BCUT2D eigenvalue weighted by atomic mass is 32.1. The van der Waals surface area contributed by atoms with E-state index in [2.05, 4.69) is 34.8 Å². The molecule has 2 saturated heterocycles. The van der Waals surface area contributed by atoms with Crippen LogP contribution in [0, 0.1) is 11.2 Å². The Morgan fingerprint density at radius 1 is 1.11 bits per heavy atom. The molecule has 2 fully saturated rings. The average Bonchev–Trinajstić information content (AvgIpc) is 3.76. The van der Waals surface area contributed by atoms with Crippen LogP contribution in [0.15, 0.2) is 54.6 Å². The molecule has 0 radical (unpaired) electrons. The minimum absolute atomic E-state index is 0.0781. The van der Waals surface area contributed by atoms with Gasteiger partial charge in [0.25, 0.3) is 5.91 Å². The van der Waals surface area contributed by atoms with Gasteiger partial charge in [-0.2, -0.15) is 5.10 Å². The molecule has 1 amide bonds. The van der Waals surface area contributed by atoms with Gasteiger partial charge in [-0.15, -0.1) is 11.3 Å². The predicted octanol–water partition coefficient (Wildman–Crippen LogP) is 3.27. The second kappa shape index (κ2) is 10.2. The molecule has 0 bridgehead atoms. The Morgan fingerprint density at radius 2 is 1.98 bits per heavy atom. The Hall–Kier alpha value is -4.69. The number of likely N-dealkylation sites (tertiary alicyclic amines) is 1. The second-order valence-electron chi connectivity index (χ2n) is 11.9. The van der Waals surface area contributed by atoms with Crippen molar-refractivity contribution in [3.05, 3.63) is 71.8 Å². The molecule has 1 aromatic carbocycles. The number of pyridine rings is 1. The first-order chi connectivity index (χ1) is 21.4. The number of fused-ring (bicyclic) bond motifs is 2. The van der Waals surface area contributed by atoms with E-state index in [0.29, 0.717) is 27.3 Å². The highest BCUT2D eigenvalue weighted by Crippen LogP contribution is 2.41. The molecule has 1 spiro atoms. The Labute approximate surface area is 254 Å². The van der Waals surface area contributed by atoms with Gasteiger partial charge in [0.15, 0.2) is 17.0 Å². The van der Waals surface area contributed by atoms with Gasteiger partial charge in [0, 0.05) is 84.3 Å². The number of benzene rings is 1. The summed E-state index contributed by atoms with van der Waals surface area (Å²) < 4.78 is 19.6. The summed E-state index contributed by atoms with van der Waals surface area (Å²) in [6.45, 7) is 4.13. The number of halogens is 1. The minimum Gasteiger partial charge on any atom is -0.480 e. The number of imidazole rings is 1. The molecule has 3 aliphatic heterocycles. The maximum absolute atomic E-state index is 16.0. The van der Waals surface area contributed by atoms with Crippen LogP contribution in [0.1, 0.15) is 23.9 Å². The molecule has 224 valence electrons. The number of aryl methyl sites for hydroxylation is 1. The minimum atomic E-state index is -0.892. The maximum Gasteiger partial charge on any atom is 0.317 e. The Morgan fingerprint density at radius 3 is 2.73 bits per heavy atom. The fourth-order valence-electron chi connectivity index (χ4n) is 6.85. The highest BCUT2D eigenvalue weighted by Gasteiger charge is 2.52. The number of anilines is 2. The molecule has 8 rings (SSSR count). The number of nitrogens with one attached hydrogen (secondary N) is 1. The van der Waals surface area contributed by atoms with E-state index in [0.717, 1.165) is 57.1 Å². The average molecular weight is 614 g/mol. The van der Waals surface area contributed by atoms with Crippen LogP contribution in [0.5, 0.6) is 0 Å². The maximum atomic E-state index is 16.0. The van der Waals surface area contributed by atoms with Crippen molar-refractivity contribution in [2.24, 2.45) is 5.41 Å². The van der Waals surface area contributed by atoms with Crippen LogP contribution < -0.4 is 10.2 Å². The second-order valence-corrected chi connectivity index (χ2v) is 12.8. The first kappa shape index (κ1) is 26.9. The SMILES string of the molecule is O=C(O)CN1CC2(C1)CN(c1ccc(-c3ccc4cn(C(C(=O)Nc5nccs5)c5ncn6c5CCC6)nc4c3F)cn1)C2. The van der Waals surface area contributed by atoms with Gasteiger partial charge in [-0.3, -0.25) is 24.5 Å². The third-order valence-corrected chi connectivity index (χ3v) is 9.46. The van der Waals surface area contributed by atoms with Gasteiger partial charge in [0.1, 0.15) is 11.3 Å². The molecule has 0 saturated carbocycles. The van der Waals surface area contributed by atoms with E-state index < -0.39 is 17.8 Å². The number of aliphatic carboxylic acids is 1. The summed E-state index contributed by atoms with van der Waals surface area (Å²) in [5.74, 6) is -0.820. The normalized spacial score (nSPS) is 17.8. The summed E-state index contributed by atoms with van der Waals surface area (Å²) in [5, 5.41) is 19.3. The summed E-state index contributed by atoms with van der Waals surface area (Å²) in [6, 6.07) is 6.36. The van der Waals surface area contributed by atoms with Crippen LogP contribution in [-0.4, -0.2) is 83.9 Å². The lowest BCUT2D eigenvalue weighted by atomic mass is 9.73. The Bertz CT molecular complexity index is 1890. The van der Waals surface area contributed by atoms with E-state index in [-0.39, 0.29) is 23.4 Å². The van der Waals surface area contributed by atoms with Crippen molar-refractivity contribution in [2.75, 3.05) is 42.9 Å². The van der Waals surface area contributed by atoms with Crippen LogP contribution in [0.3, 0.4) is 0 Å². The molecule has 1 unspecified atom stereocenters. The number of carbonyl (C=O) groups is 2. The fraction of sp³-hybridized carbons (Fsp3) is 0.333. The van der Waals surface area contributed by atoms with Crippen molar-refractivity contribution in [3.8, 4) is 11.1 Å². The lowest BCUT2D eigenvalue weighted by Gasteiger charge is -2.60. The molecule has 0 aliphatic carbocycles. The van der Waals surface area contributed by atoms with Crippen molar-refractivity contribution in [1.29, 1.82) is 0 Å². The van der Waals surface area contributed by atoms with E-state index in [1.807, 2.05) is 17.0 Å². The van der Waals surface area contributed by atoms with Crippen LogP contribution >= 0.6 is 11.3 Å². The Kier molecular flexibility index (Phi) is 6.24. The first-order valence-corrected chi connectivity index (χ1v) is 15.3. The van der Waals surface area contributed by atoms with Gasteiger partial charge < -0.3 is 14.6 Å². The number of hydrogen-bond acceptors (Lipinski definition) is 9. The summed E-state index contributed by atoms with van der Waals surface area (Å²) >= 11 is 1.32. The fourth-order valence-corrected chi connectivity index (χ4v) is 7.38. The number of hydrogen-bond donors (Lipinski definition) is 2. The van der Waals surface area contributed by atoms with E-state index >= 15 is 4.39 Å². The third-order valence-electron chi connectivity index (χ3n) is 8.77. The van der Waals surface area contributed by atoms with Crippen molar-refractivity contribution < 1.29 is 19.1 Å². The van der Waals surface area contributed by atoms with Crippen LogP contribution in [0.2, 0.25) is 0 Å². The molecule has 2 N–H and O–H groups in total. The van der Waals surface area contributed by atoms with Gasteiger partial charge in [-0.25, -0.2) is 19.3 Å². The zero-order valence-electron chi connectivity index (χ0n) is 23.6. The van der Waals surface area contributed by atoms with Gasteiger partial charge in [0.2, 0.25) is 0 Å². The molecule has 12 nitrogen and oxygen atoms in total. The lowest BCUT2D eigenvalue weighted by molar-refractivity contribution is -0.142. The monoisotopic (exact) mass is 613 g/mol. The van der Waals surface area contributed by atoms with Gasteiger partial charge >= 0.3 is 5.97 Å². The van der Waals surface area contributed by atoms with Crippen molar-refractivity contribution in [2.45, 2.75) is 25.4 Å². The summed E-state index contributed by atoms with van der Waals surface area (Å²) in [7, 11) is 0. The van der Waals surface area contributed by atoms with Crippen molar-refractivity contribution in [1.82, 2.24) is 34.2 Å². The molecule has 7 heterocycles. The molecule has 5 aromatic rings. The number of rotatable bonds is 8. The molecular formula is C30H28FN9O3S. The van der Waals surface area contributed by atoms with Crippen LogP contribution in [0.25, 0.3) is 22.0 Å². The zero-order valence-corrected chi connectivity index (χ0v) is 24.4. The summed E-state index contributed by atoms with van der Waals surface area (Å²) in [5.41, 5.74) is 2.89. The molecular weight excluding hydrogens is 585 g/mol. The summed E-state index contributed by atoms with van der Waals surface area (Å²) in [6.07, 6.45) is 8.50. The van der Waals surface area contributed by atoms with E-state index in [1.165, 1.54) is 16.0 Å². The zero-order chi connectivity index (χ0) is 30.0. The predicted molar refractivity (Wildman–Crippen MR) is 161 cm³/mol. The third kappa shape index (κ3) is 4.52. The number of amides is 1. The number of carboxylic acids is 1. The Balaban J connectivity index is 1.05. The van der Waals surface area contributed by atoms with Crippen LogP contribution in [-0.2, 0) is 22.6 Å². The molecule has 3 aliphatic rings. The number of carbonyl (C=O) groups excluding carboxylic acids is 1. The van der Waals surface area contributed by atoms with Gasteiger partial charge in [-0.1, -0.05) is 12.1 Å². The number of aromatic nitrogens is 6.